The first kappa shape index (κ1) is 33.4. The Hall–Kier alpha value is -6.96. The van der Waals surface area contributed by atoms with Gasteiger partial charge in [0, 0.05) is 28.9 Å². The van der Waals surface area contributed by atoms with E-state index < -0.39 is 0 Å². The van der Waals surface area contributed by atoms with Crippen LogP contribution in [0, 0.1) is 0 Å². The van der Waals surface area contributed by atoms with Gasteiger partial charge in [-0.25, -0.2) is 0 Å². The lowest BCUT2D eigenvalue weighted by molar-refractivity contribution is 0.660. The molecule has 11 rings (SSSR count). The molecule has 0 aromatic heterocycles. The summed E-state index contributed by atoms with van der Waals surface area (Å²) in [5, 5.41) is 5.11. The van der Waals surface area contributed by atoms with E-state index in [4.69, 9.17) is 0 Å². The Morgan fingerprint density at radius 2 is 0.877 bits per heavy atom. The molecule has 1 aliphatic carbocycles. The van der Waals surface area contributed by atoms with Crippen molar-refractivity contribution in [1.82, 2.24) is 0 Å². The van der Waals surface area contributed by atoms with Gasteiger partial charge in [0.05, 0.1) is 0 Å². The normalized spacial score (nSPS) is 13.8. The van der Waals surface area contributed by atoms with E-state index in [1.807, 2.05) is 0 Å². The summed E-state index contributed by atoms with van der Waals surface area (Å²) in [5.74, 6) is 0. The topological polar surface area (TPSA) is 3.24 Å². The van der Waals surface area contributed by atoms with E-state index in [1.54, 1.807) is 0 Å². The number of fused-ring (bicyclic) bond motifs is 7. The Balaban J connectivity index is 0.913. The molecule has 2 aliphatic rings. The molecule has 1 nitrogen and oxygen atoms in total. The fraction of sp³-hybridized carbons (Fsp3) is 0.0714. The van der Waals surface area contributed by atoms with Crippen LogP contribution >= 0.6 is 0 Å². The van der Waals surface area contributed by atoms with Crippen LogP contribution in [0.5, 0.6) is 0 Å². The van der Waals surface area contributed by atoms with Crippen molar-refractivity contribution in [3.63, 3.8) is 0 Å². The van der Waals surface area contributed by atoms with Crippen molar-refractivity contribution in [1.29, 1.82) is 0 Å². The van der Waals surface area contributed by atoms with Gasteiger partial charge in [-0.1, -0.05) is 190 Å². The van der Waals surface area contributed by atoms with Crippen LogP contribution in [-0.4, -0.2) is 0 Å². The Morgan fingerprint density at radius 1 is 0.421 bits per heavy atom. The molecular formula is C56H41N. The molecule has 0 spiro atoms. The van der Waals surface area contributed by atoms with Gasteiger partial charge < -0.3 is 4.90 Å². The minimum atomic E-state index is -0.136. The lowest BCUT2D eigenvalue weighted by Gasteiger charge is -2.34. The molecule has 1 heteroatoms. The van der Waals surface area contributed by atoms with E-state index in [9.17, 15) is 0 Å². The second-order valence-electron chi connectivity index (χ2n) is 16.1. The summed E-state index contributed by atoms with van der Waals surface area (Å²) in [4.78, 5) is 2.46. The van der Waals surface area contributed by atoms with Gasteiger partial charge in [0.25, 0.3) is 0 Å². The summed E-state index contributed by atoms with van der Waals surface area (Å²) < 4.78 is 0. The summed E-state index contributed by atoms with van der Waals surface area (Å²) in [6.07, 6.45) is 5.47. The molecular weight excluding hydrogens is 687 g/mol. The van der Waals surface area contributed by atoms with Crippen LogP contribution in [0.3, 0.4) is 0 Å². The van der Waals surface area contributed by atoms with E-state index in [-0.39, 0.29) is 5.41 Å². The quantitative estimate of drug-likeness (QED) is 0.126. The number of hydrogen-bond donors (Lipinski definition) is 0. The summed E-state index contributed by atoms with van der Waals surface area (Å²) in [5.41, 5.74) is 19.2. The van der Waals surface area contributed by atoms with E-state index in [0.717, 1.165) is 6.42 Å². The molecule has 9 aromatic carbocycles. The van der Waals surface area contributed by atoms with Crippen molar-refractivity contribution in [3.05, 3.63) is 221 Å². The number of rotatable bonds is 5. The van der Waals surface area contributed by atoms with E-state index in [2.05, 4.69) is 219 Å². The standard InChI is InChI=1S/C56H41N/c1-56(2)50-34-38(28-32-44(50)45-33-31-43(36-51(45)56)57-52-22-12-6-16-41(52)35-42-17-7-13-23-53(42)57)25-24-37-26-29-40(30-27-37)55-48-20-10-8-18-46(48)54(39-14-4-3-5-15-39)47-19-9-11-21-49(47)55/h3-34,36H,35H2,1-2H3. The van der Waals surface area contributed by atoms with Crippen LogP contribution in [0.1, 0.15) is 47.2 Å². The predicted octanol–water partition coefficient (Wildman–Crippen LogP) is 15.2. The summed E-state index contributed by atoms with van der Waals surface area (Å²) in [6.45, 7) is 4.76. The monoisotopic (exact) mass is 727 g/mol. The zero-order valence-electron chi connectivity index (χ0n) is 32.2. The first-order valence-corrected chi connectivity index (χ1v) is 20.1. The maximum absolute atomic E-state index is 2.46. The van der Waals surface area contributed by atoms with Gasteiger partial charge in [0.1, 0.15) is 0 Å². The molecule has 0 bridgehead atoms. The fourth-order valence-electron chi connectivity index (χ4n) is 9.66. The maximum atomic E-state index is 2.46. The van der Waals surface area contributed by atoms with Crippen LogP contribution < -0.4 is 4.90 Å². The highest BCUT2D eigenvalue weighted by molar-refractivity contribution is 6.21. The van der Waals surface area contributed by atoms with Gasteiger partial charge in [0.15, 0.2) is 0 Å². The SMILES string of the molecule is CC1(C)c2cc(C=Cc3ccc(-c4c5ccccc5c(-c5ccccc5)c5ccccc45)cc3)ccc2-c2ccc(N3c4ccccc4Cc4ccccc43)cc21. The minimum Gasteiger partial charge on any atom is -0.310 e. The lowest BCUT2D eigenvalue weighted by atomic mass is 9.81. The number of hydrogen-bond acceptors (Lipinski definition) is 1. The molecule has 1 heterocycles. The van der Waals surface area contributed by atoms with Crippen LogP contribution in [0.15, 0.2) is 188 Å². The number of benzene rings is 9. The molecule has 0 unspecified atom stereocenters. The van der Waals surface area contributed by atoms with Crippen molar-refractivity contribution in [3.8, 4) is 33.4 Å². The Bertz CT molecular complexity index is 2950. The molecule has 9 aromatic rings. The summed E-state index contributed by atoms with van der Waals surface area (Å²) in [7, 11) is 0. The van der Waals surface area contributed by atoms with Gasteiger partial charge >= 0.3 is 0 Å². The van der Waals surface area contributed by atoms with Crippen LogP contribution in [0.25, 0.3) is 67.1 Å². The van der Waals surface area contributed by atoms with Gasteiger partial charge in [-0.2, -0.15) is 0 Å². The Labute approximate surface area is 334 Å². The first-order valence-electron chi connectivity index (χ1n) is 20.1. The first-order chi connectivity index (χ1) is 28.0. The van der Waals surface area contributed by atoms with Gasteiger partial charge in [0.2, 0.25) is 0 Å². The predicted molar refractivity (Wildman–Crippen MR) is 243 cm³/mol. The average molecular weight is 728 g/mol. The molecule has 0 amide bonds. The lowest BCUT2D eigenvalue weighted by Crippen LogP contribution is -2.20. The molecule has 0 saturated heterocycles. The number of para-hydroxylation sites is 2. The van der Waals surface area contributed by atoms with Gasteiger partial charge in [-0.15, -0.1) is 0 Å². The number of nitrogens with zero attached hydrogens (tertiary/aromatic N) is 1. The molecule has 57 heavy (non-hydrogen) atoms. The molecule has 0 N–H and O–H groups in total. The Kier molecular flexibility index (Phi) is 7.66. The third kappa shape index (κ3) is 5.38. The van der Waals surface area contributed by atoms with E-state index >= 15 is 0 Å². The fourth-order valence-corrected chi connectivity index (χ4v) is 9.66. The van der Waals surface area contributed by atoms with Crippen LogP contribution in [-0.2, 0) is 11.8 Å². The molecule has 270 valence electrons. The van der Waals surface area contributed by atoms with Crippen molar-refractivity contribution in [2.75, 3.05) is 4.90 Å². The molecule has 0 saturated carbocycles. The highest BCUT2D eigenvalue weighted by atomic mass is 15.2. The van der Waals surface area contributed by atoms with Crippen molar-refractivity contribution in [2.24, 2.45) is 0 Å². The third-order valence-electron chi connectivity index (χ3n) is 12.4. The average Bonchev–Trinajstić information content (AvgIpc) is 3.49. The largest absolute Gasteiger partial charge is 0.310 e. The molecule has 0 fully saturated rings. The van der Waals surface area contributed by atoms with Crippen molar-refractivity contribution < 1.29 is 0 Å². The smallest absolute Gasteiger partial charge is 0.0497 e. The van der Waals surface area contributed by atoms with Gasteiger partial charge in [-0.05, 0) is 113 Å². The van der Waals surface area contributed by atoms with Crippen molar-refractivity contribution >= 4 is 50.8 Å². The maximum Gasteiger partial charge on any atom is 0.0497 e. The van der Waals surface area contributed by atoms with E-state index in [1.165, 1.54) is 105 Å². The van der Waals surface area contributed by atoms with Crippen LogP contribution in [0.2, 0.25) is 0 Å². The zero-order chi connectivity index (χ0) is 38.1. The number of anilines is 3. The zero-order valence-corrected chi connectivity index (χ0v) is 32.2. The third-order valence-corrected chi connectivity index (χ3v) is 12.4. The highest BCUT2D eigenvalue weighted by Crippen LogP contribution is 2.52. The van der Waals surface area contributed by atoms with Crippen molar-refractivity contribution in [2.45, 2.75) is 25.7 Å². The summed E-state index contributed by atoms with van der Waals surface area (Å²) >= 11 is 0. The highest BCUT2D eigenvalue weighted by Gasteiger charge is 2.36. The summed E-state index contributed by atoms with van der Waals surface area (Å²) in [6, 6.07) is 69.4. The van der Waals surface area contributed by atoms with Crippen LogP contribution in [0.4, 0.5) is 17.1 Å². The molecule has 1 aliphatic heterocycles. The minimum absolute atomic E-state index is 0.136. The van der Waals surface area contributed by atoms with E-state index in [0.29, 0.717) is 0 Å². The molecule has 0 atom stereocenters. The second-order valence-corrected chi connectivity index (χ2v) is 16.1. The second kappa shape index (κ2) is 13.1. The Morgan fingerprint density at radius 3 is 1.47 bits per heavy atom. The molecule has 0 radical (unpaired) electrons. The van der Waals surface area contributed by atoms with Gasteiger partial charge in [-0.3, -0.25) is 0 Å².